The monoisotopic (exact) mass is 1290 g/mol. The van der Waals surface area contributed by atoms with Crippen molar-refractivity contribution in [2.75, 3.05) is 94.7 Å². The highest BCUT2D eigenvalue weighted by Gasteiger charge is 2.48. The number of esters is 1. The largest absolute Gasteiger partial charge is 0.481 e. The molecular weight excluding hydrogens is 1210 g/mol. The number of carbonyl (C=O) groups is 10. The normalized spacial score (nSPS) is 28.3. The molecule has 8 saturated heterocycles. The summed E-state index contributed by atoms with van der Waals surface area (Å²) in [7, 11) is 1.55. The van der Waals surface area contributed by atoms with E-state index in [1.807, 2.05) is 36.1 Å². The molecule has 0 aliphatic carbocycles. The molecule has 2 unspecified atom stereocenters. The Bertz CT molecular complexity index is 3150. The highest BCUT2D eigenvalue weighted by Crippen LogP contribution is 2.38. The minimum absolute atomic E-state index is 0.0311. The summed E-state index contributed by atoms with van der Waals surface area (Å²) in [5.74, 6) is -5.01. The van der Waals surface area contributed by atoms with Crippen molar-refractivity contribution in [1.82, 2.24) is 35.6 Å². The van der Waals surface area contributed by atoms with Gasteiger partial charge in [0.2, 0.25) is 35.4 Å². The summed E-state index contributed by atoms with van der Waals surface area (Å²) in [5, 5.41) is 17.1. The Balaban J connectivity index is 0.000000278. The zero-order chi connectivity index (χ0) is 65.8. The van der Waals surface area contributed by atoms with Crippen LogP contribution >= 0.6 is 11.8 Å². The maximum absolute atomic E-state index is 15.4. The van der Waals surface area contributed by atoms with Crippen molar-refractivity contribution in [3.05, 3.63) is 95.3 Å². The number of ketones is 1. The first kappa shape index (κ1) is 68.7. The number of benzene rings is 3. The second-order valence-corrected chi connectivity index (χ2v) is 26.2. The lowest BCUT2D eigenvalue weighted by atomic mass is 9.88. The van der Waals surface area contributed by atoms with Gasteiger partial charge in [0.15, 0.2) is 6.04 Å². The number of nitrogens with two attached hydrogens (primary N) is 1. The Labute approximate surface area is 540 Å². The summed E-state index contributed by atoms with van der Waals surface area (Å²) in [5.41, 5.74) is 9.37. The van der Waals surface area contributed by atoms with E-state index in [2.05, 4.69) is 20.9 Å². The van der Waals surface area contributed by atoms with Crippen LogP contribution in [-0.4, -0.2) is 217 Å². The molecule has 26 heteroatoms. The van der Waals surface area contributed by atoms with E-state index in [0.29, 0.717) is 85.8 Å². The van der Waals surface area contributed by atoms with Crippen molar-refractivity contribution >= 4 is 82.4 Å². The Kier molecular flexibility index (Phi) is 23.7. The Morgan fingerprint density at radius 1 is 0.793 bits per heavy atom. The summed E-state index contributed by atoms with van der Waals surface area (Å²) in [6.07, 6.45) is 1.95. The summed E-state index contributed by atoms with van der Waals surface area (Å²) < 4.78 is 30.9. The summed E-state index contributed by atoms with van der Waals surface area (Å²) >= 11 is 1.76. The Hall–Kier alpha value is -7.68. The van der Waals surface area contributed by atoms with Crippen molar-refractivity contribution in [3.63, 3.8) is 0 Å². The second kappa shape index (κ2) is 31.8. The molecule has 8 aliphatic heterocycles. The Morgan fingerprint density at radius 2 is 1.51 bits per heavy atom. The molecule has 0 radical (unpaired) electrons. The zero-order valence-electron chi connectivity index (χ0n) is 52.8. The standard InChI is InChI=1S/C46H61N7O8S.C20H26FN3O6/c1-5-33-43(57)52-19-9-12-34(52)44(58)50(4)36(22-29-15-13-27(2)14-16-29)45(59)53-24-32(26-62-38-25-51-20-17-30(38)18-21-51)37(54)23-35(53)41(55)49-40(31-10-7-6-8-11-31)46(60)61-28(3)39(47)42(56)48-33;21-16-11-14(5-6-17(16)23-7-9-29-10-8-23)24-13-15(30-20(24)28)12-22-18(25)3-1-2-4-19(26)27/h6-8,10-11,13-16,28,30,32-36,38-40H,5,9,12,17-26,47H2,1-4H3,(H,48,56)(H,49,55);5-6,11,15H,1-4,7-10,12-13H2,(H,22,25)(H,26,27)/t28-,32+,33?,34+,35+,36+,38?,39+,40+;15-/m10/s1. The number of hydrogen-bond donors (Lipinski definition) is 5. The van der Waals surface area contributed by atoms with Crippen molar-refractivity contribution in [2.24, 2.45) is 17.6 Å². The van der Waals surface area contributed by atoms with Crippen LogP contribution in [-0.2, 0) is 63.8 Å². The Morgan fingerprint density at radius 3 is 2.18 bits per heavy atom. The molecule has 3 aromatic rings. The van der Waals surface area contributed by atoms with Gasteiger partial charge < -0.3 is 65.5 Å². The van der Waals surface area contributed by atoms with Gasteiger partial charge in [-0.2, -0.15) is 11.8 Å². The first-order chi connectivity index (χ1) is 44.2. The molecule has 2 bridgehead atoms. The van der Waals surface area contributed by atoms with Gasteiger partial charge in [0.25, 0.3) is 0 Å². The fraction of sp³-hybridized carbons (Fsp3) is 0.576. The lowest BCUT2D eigenvalue weighted by Crippen LogP contribution is -2.63. The van der Waals surface area contributed by atoms with E-state index in [4.69, 9.17) is 25.1 Å². The third-order valence-electron chi connectivity index (χ3n) is 18.6. The molecule has 0 saturated carbocycles. The van der Waals surface area contributed by atoms with Crippen molar-refractivity contribution in [1.29, 1.82) is 0 Å². The number of carboxylic acids is 1. The van der Waals surface area contributed by atoms with Crippen LogP contribution in [0.4, 0.5) is 20.6 Å². The third kappa shape index (κ3) is 17.1. The lowest BCUT2D eigenvalue weighted by molar-refractivity contribution is -0.157. The molecule has 8 fully saturated rings. The summed E-state index contributed by atoms with van der Waals surface area (Å²) in [4.78, 5) is 145. The smallest absolute Gasteiger partial charge is 0.414 e. The van der Waals surface area contributed by atoms with Crippen LogP contribution in [0, 0.1) is 24.6 Å². The summed E-state index contributed by atoms with van der Waals surface area (Å²) in [6.45, 7) is 11.1. The predicted molar refractivity (Wildman–Crippen MR) is 339 cm³/mol. The number of carbonyl (C=O) groups excluding carboxylic acids is 9. The van der Waals surface area contributed by atoms with Crippen LogP contribution < -0.4 is 31.5 Å². The number of nitrogens with one attached hydrogen (secondary N) is 3. The van der Waals surface area contributed by atoms with Crippen LogP contribution in [0.2, 0.25) is 0 Å². The molecule has 6 N–H and O–H groups in total. The van der Waals surface area contributed by atoms with Gasteiger partial charge in [-0.15, -0.1) is 0 Å². The van der Waals surface area contributed by atoms with Crippen LogP contribution in [0.15, 0.2) is 72.8 Å². The van der Waals surface area contributed by atoms with Gasteiger partial charge in [-0.25, -0.2) is 14.0 Å². The van der Waals surface area contributed by atoms with Crippen molar-refractivity contribution in [2.45, 2.75) is 145 Å². The van der Waals surface area contributed by atoms with Gasteiger partial charge in [-0.05, 0) is 107 Å². The number of amides is 7. The number of nitrogens with zero attached hydrogens (tertiary/aromatic N) is 6. The number of anilines is 2. The maximum Gasteiger partial charge on any atom is 0.414 e. The number of likely N-dealkylation sites (N-methyl/N-ethyl adjacent to an activating group) is 1. The molecule has 498 valence electrons. The van der Waals surface area contributed by atoms with Crippen LogP contribution in [0.3, 0.4) is 0 Å². The number of Topliss-reactive ketones (excluding diaryl/α,β-unsaturated/α-hetero) is 1. The molecule has 8 heterocycles. The number of unbranched alkanes of at least 4 members (excludes halogenated alkanes) is 1. The number of piperidine rings is 4. The molecular formula is C66H87FN10O14S. The van der Waals surface area contributed by atoms with Gasteiger partial charge in [0.05, 0.1) is 37.7 Å². The summed E-state index contributed by atoms with van der Waals surface area (Å²) in [6, 6.07) is 13.5. The van der Waals surface area contributed by atoms with Crippen LogP contribution in [0.5, 0.6) is 0 Å². The van der Waals surface area contributed by atoms with Gasteiger partial charge >= 0.3 is 18.0 Å². The lowest BCUT2D eigenvalue weighted by Gasteiger charge is -2.45. The minimum atomic E-state index is -1.40. The molecule has 0 aromatic heterocycles. The van der Waals surface area contributed by atoms with E-state index >= 15 is 4.79 Å². The van der Waals surface area contributed by atoms with Gasteiger partial charge in [-0.1, -0.05) is 67.1 Å². The number of aliphatic carboxylic acids is 1. The minimum Gasteiger partial charge on any atom is -0.481 e. The number of carboxylic acid groups (broad SMARTS) is 1. The van der Waals surface area contributed by atoms with E-state index in [-0.39, 0.29) is 70.0 Å². The van der Waals surface area contributed by atoms with E-state index < -0.39 is 108 Å². The van der Waals surface area contributed by atoms with Crippen LogP contribution in [0.25, 0.3) is 0 Å². The number of aryl methyl sites for hydroxylation is 1. The molecule has 10 atom stereocenters. The topological polar surface area (TPSA) is 300 Å². The molecule has 11 rings (SSSR count). The van der Waals surface area contributed by atoms with Crippen molar-refractivity contribution < 1.29 is 71.7 Å². The van der Waals surface area contributed by atoms with E-state index in [9.17, 15) is 47.5 Å². The van der Waals surface area contributed by atoms with Gasteiger partial charge in [-0.3, -0.25) is 43.3 Å². The van der Waals surface area contributed by atoms with E-state index in [1.165, 1.54) is 32.6 Å². The van der Waals surface area contributed by atoms with Crippen LogP contribution in [0.1, 0.15) is 101 Å². The molecule has 3 aromatic carbocycles. The number of cyclic esters (lactones) is 2. The average Bonchev–Trinajstić information content (AvgIpc) is 0.988. The number of rotatable bonds is 16. The zero-order valence-corrected chi connectivity index (χ0v) is 53.7. The molecule has 0 spiro atoms. The third-order valence-corrected chi connectivity index (χ3v) is 20.2. The first-order valence-electron chi connectivity index (χ1n) is 32.2. The number of fused-ring (bicyclic) bond motifs is 5. The second-order valence-electron chi connectivity index (χ2n) is 25.0. The number of morpholine rings is 1. The molecule has 7 amide bonds. The quantitative estimate of drug-likeness (QED) is 0.101. The molecule has 8 aliphatic rings. The van der Waals surface area contributed by atoms with Crippen molar-refractivity contribution in [3.8, 4) is 0 Å². The number of ether oxygens (including phenoxy) is 3. The number of thioether (sulfide) groups is 1. The predicted octanol–water partition coefficient (Wildman–Crippen LogP) is 3.74. The number of halogens is 1. The fourth-order valence-corrected chi connectivity index (χ4v) is 14.7. The maximum atomic E-state index is 15.4. The number of hydrogen-bond acceptors (Lipinski definition) is 17. The first-order valence-corrected chi connectivity index (χ1v) is 33.2. The highest BCUT2D eigenvalue weighted by atomic mass is 32.2. The SMILES string of the molecule is CCC1NC(=O)[C@@H](N)[C@@H](C)OC(=O)[C@H](c2ccccc2)NC(=O)[C@@H]2CC(=O)[C@H](CSC3CN4CCC3CC4)CN2C(=O)[C@H](Cc2ccc(C)cc2)N(C)C(=O)[C@@H]2CCCN2C1=O.O=C(O)CCCCC(=O)NC[C@H]1CN(c2ccc(N3CCOCC3)c(F)c2)C(=O)O1. The highest BCUT2D eigenvalue weighted by molar-refractivity contribution is 8.00. The molecule has 24 nitrogen and oxygen atoms in total. The van der Waals surface area contributed by atoms with Gasteiger partial charge in [0.1, 0.15) is 54.0 Å². The van der Waals surface area contributed by atoms with E-state index in [1.54, 1.807) is 68.2 Å². The van der Waals surface area contributed by atoms with Gasteiger partial charge in [0, 0.05) is 82.4 Å². The molecule has 92 heavy (non-hydrogen) atoms. The van der Waals surface area contributed by atoms with E-state index in [0.717, 1.165) is 43.6 Å². The average molecular weight is 1300 g/mol. The fourth-order valence-electron chi connectivity index (χ4n) is 13.0.